The van der Waals surface area contributed by atoms with Crippen molar-refractivity contribution in [2.45, 2.75) is 13.0 Å². The van der Waals surface area contributed by atoms with Gasteiger partial charge < -0.3 is 10.2 Å². The first-order valence-electron chi connectivity index (χ1n) is 7.62. The van der Waals surface area contributed by atoms with Crippen molar-refractivity contribution in [3.8, 4) is 0 Å². The Morgan fingerprint density at radius 3 is 2.54 bits per heavy atom. The van der Waals surface area contributed by atoms with Gasteiger partial charge in [0.2, 0.25) is 5.91 Å². The number of nitrogens with zero attached hydrogens (tertiary/aromatic N) is 1. The van der Waals surface area contributed by atoms with Crippen LogP contribution in [-0.2, 0) is 17.8 Å². The Bertz CT molecular complexity index is 792. The molecule has 0 radical (unpaired) electrons. The van der Waals surface area contributed by atoms with Crippen LogP contribution in [0.4, 0.5) is 0 Å². The first kappa shape index (κ1) is 16.8. The van der Waals surface area contributed by atoms with Gasteiger partial charge in [-0.05, 0) is 35.7 Å². The maximum absolute atomic E-state index is 12.3. The second-order valence-electron chi connectivity index (χ2n) is 5.65. The van der Waals surface area contributed by atoms with Crippen molar-refractivity contribution in [3.05, 3.63) is 69.2 Å². The molecule has 3 rings (SSSR count). The third kappa shape index (κ3) is 3.71. The standard InChI is InChI=1S/C18H16Cl2N2O2/c19-15-6-5-13(9-16(15)20)18(24)21-10-17(23)22-8-7-12-3-1-2-4-14(12)11-22/h1-6,9H,7-8,10-11H2,(H,21,24). The summed E-state index contributed by atoms with van der Waals surface area (Å²) in [7, 11) is 0. The zero-order valence-electron chi connectivity index (χ0n) is 12.9. The van der Waals surface area contributed by atoms with Crippen LogP contribution < -0.4 is 5.32 Å². The highest BCUT2D eigenvalue weighted by Gasteiger charge is 2.20. The van der Waals surface area contributed by atoms with Crippen LogP contribution in [0.5, 0.6) is 0 Å². The highest BCUT2D eigenvalue weighted by atomic mass is 35.5. The fraction of sp³-hybridized carbons (Fsp3) is 0.222. The Hall–Kier alpha value is -2.04. The van der Waals surface area contributed by atoms with Crippen molar-refractivity contribution in [2.24, 2.45) is 0 Å². The maximum Gasteiger partial charge on any atom is 0.251 e. The Balaban J connectivity index is 1.58. The van der Waals surface area contributed by atoms with Crippen molar-refractivity contribution in [2.75, 3.05) is 13.1 Å². The minimum Gasteiger partial charge on any atom is -0.343 e. The molecular formula is C18H16Cl2N2O2. The predicted molar refractivity (Wildman–Crippen MR) is 94.4 cm³/mol. The lowest BCUT2D eigenvalue weighted by Crippen LogP contribution is -2.42. The molecule has 0 fully saturated rings. The van der Waals surface area contributed by atoms with Gasteiger partial charge in [-0.25, -0.2) is 0 Å². The lowest BCUT2D eigenvalue weighted by atomic mass is 10.00. The Labute approximate surface area is 150 Å². The summed E-state index contributed by atoms with van der Waals surface area (Å²) in [5.74, 6) is -0.447. The summed E-state index contributed by atoms with van der Waals surface area (Å²) in [6, 6.07) is 12.7. The second kappa shape index (κ2) is 7.24. The van der Waals surface area contributed by atoms with E-state index in [1.54, 1.807) is 17.0 Å². The summed E-state index contributed by atoms with van der Waals surface area (Å²) in [5, 5.41) is 3.33. The maximum atomic E-state index is 12.3. The first-order chi connectivity index (χ1) is 11.5. The molecule has 4 nitrogen and oxygen atoms in total. The molecule has 0 saturated carbocycles. The fourth-order valence-corrected chi connectivity index (χ4v) is 3.01. The number of halogens is 2. The molecule has 1 aliphatic heterocycles. The summed E-state index contributed by atoms with van der Waals surface area (Å²) in [4.78, 5) is 26.2. The summed E-state index contributed by atoms with van der Waals surface area (Å²) < 4.78 is 0. The minimum absolute atomic E-state index is 0.0404. The zero-order chi connectivity index (χ0) is 17.1. The van der Waals surface area contributed by atoms with E-state index < -0.39 is 0 Å². The number of benzene rings is 2. The van der Waals surface area contributed by atoms with Crippen LogP contribution in [0, 0.1) is 0 Å². The molecule has 1 heterocycles. The van der Waals surface area contributed by atoms with E-state index >= 15 is 0 Å². The topological polar surface area (TPSA) is 49.4 Å². The molecular weight excluding hydrogens is 347 g/mol. The molecule has 2 aromatic carbocycles. The van der Waals surface area contributed by atoms with Crippen LogP contribution in [0.25, 0.3) is 0 Å². The lowest BCUT2D eigenvalue weighted by molar-refractivity contribution is -0.131. The molecule has 0 aromatic heterocycles. The van der Waals surface area contributed by atoms with Gasteiger partial charge in [0, 0.05) is 18.7 Å². The summed E-state index contributed by atoms with van der Waals surface area (Å²) >= 11 is 11.7. The third-order valence-electron chi connectivity index (χ3n) is 4.07. The van der Waals surface area contributed by atoms with Crippen LogP contribution in [0.1, 0.15) is 21.5 Å². The van der Waals surface area contributed by atoms with Crippen molar-refractivity contribution < 1.29 is 9.59 Å². The molecule has 24 heavy (non-hydrogen) atoms. The van der Waals surface area contributed by atoms with Crippen LogP contribution >= 0.6 is 23.2 Å². The number of carbonyl (C=O) groups is 2. The molecule has 0 unspecified atom stereocenters. The molecule has 124 valence electrons. The smallest absolute Gasteiger partial charge is 0.251 e. The average molecular weight is 363 g/mol. The van der Waals surface area contributed by atoms with E-state index in [1.807, 2.05) is 18.2 Å². The van der Waals surface area contributed by atoms with E-state index in [1.165, 1.54) is 11.6 Å². The third-order valence-corrected chi connectivity index (χ3v) is 4.80. The molecule has 1 N–H and O–H groups in total. The van der Waals surface area contributed by atoms with Gasteiger partial charge in [-0.1, -0.05) is 47.5 Å². The van der Waals surface area contributed by atoms with Gasteiger partial charge in [0.05, 0.1) is 16.6 Å². The van der Waals surface area contributed by atoms with Crippen molar-refractivity contribution in [3.63, 3.8) is 0 Å². The Morgan fingerprint density at radius 2 is 1.79 bits per heavy atom. The van der Waals surface area contributed by atoms with E-state index in [0.29, 0.717) is 28.7 Å². The van der Waals surface area contributed by atoms with E-state index in [4.69, 9.17) is 23.2 Å². The van der Waals surface area contributed by atoms with Crippen molar-refractivity contribution in [1.82, 2.24) is 10.2 Å². The van der Waals surface area contributed by atoms with Crippen molar-refractivity contribution in [1.29, 1.82) is 0 Å². The number of nitrogens with one attached hydrogen (secondary N) is 1. The van der Waals surface area contributed by atoms with Gasteiger partial charge in [0.25, 0.3) is 5.91 Å². The summed E-state index contributed by atoms with van der Waals surface area (Å²) in [6.07, 6.45) is 0.836. The molecule has 0 aliphatic carbocycles. The van der Waals surface area contributed by atoms with E-state index in [-0.39, 0.29) is 18.4 Å². The molecule has 0 atom stereocenters. The van der Waals surface area contributed by atoms with E-state index in [9.17, 15) is 9.59 Å². The fourth-order valence-electron chi connectivity index (χ4n) is 2.72. The molecule has 0 bridgehead atoms. The second-order valence-corrected chi connectivity index (χ2v) is 6.46. The number of amides is 2. The molecule has 2 aromatic rings. The average Bonchev–Trinajstić information content (AvgIpc) is 2.61. The quantitative estimate of drug-likeness (QED) is 0.910. The number of hydrogen-bond donors (Lipinski definition) is 1. The molecule has 2 amide bonds. The monoisotopic (exact) mass is 362 g/mol. The molecule has 6 heteroatoms. The van der Waals surface area contributed by atoms with Gasteiger partial charge in [0.15, 0.2) is 0 Å². The summed E-state index contributed by atoms with van der Waals surface area (Å²) in [5.41, 5.74) is 2.82. The van der Waals surface area contributed by atoms with Gasteiger partial charge in [0.1, 0.15) is 0 Å². The highest BCUT2D eigenvalue weighted by Crippen LogP contribution is 2.22. The van der Waals surface area contributed by atoms with Crippen LogP contribution in [0.3, 0.4) is 0 Å². The minimum atomic E-state index is -0.348. The number of rotatable bonds is 3. The molecule has 0 saturated heterocycles. The first-order valence-corrected chi connectivity index (χ1v) is 8.38. The van der Waals surface area contributed by atoms with Crippen molar-refractivity contribution >= 4 is 35.0 Å². The Morgan fingerprint density at radius 1 is 1.04 bits per heavy atom. The van der Waals surface area contributed by atoms with Crippen LogP contribution in [0.15, 0.2) is 42.5 Å². The highest BCUT2D eigenvalue weighted by molar-refractivity contribution is 6.42. The Kier molecular flexibility index (Phi) is 5.07. The van der Waals surface area contributed by atoms with Gasteiger partial charge in [-0.3, -0.25) is 9.59 Å². The zero-order valence-corrected chi connectivity index (χ0v) is 14.4. The molecule has 0 spiro atoms. The number of fused-ring (bicyclic) bond motifs is 1. The largest absolute Gasteiger partial charge is 0.343 e. The van der Waals surface area contributed by atoms with Gasteiger partial charge in [-0.2, -0.15) is 0 Å². The van der Waals surface area contributed by atoms with Gasteiger partial charge >= 0.3 is 0 Å². The van der Waals surface area contributed by atoms with Gasteiger partial charge in [-0.15, -0.1) is 0 Å². The summed E-state index contributed by atoms with van der Waals surface area (Å²) in [6.45, 7) is 1.21. The normalized spacial score (nSPS) is 13.3. The number of carbonyl (C=O) groups excluding carboxylic acids is 2. The lowest BCUT2D eigenvalue weighted by Gasteiger charge is -2.29. The predicted octanol–water partition coefficient (Wildman–Crippen LogP) is 3.31. The van der Waals surface area contributed by atoms with Crippen LogP contribution in [0.2, 0.25) is 10.0 Å². The SMILES string of the molecule is O=C(NCC(=O)N1CCc2ccccc2C1)c1ccc(Cl)c(Cl)c1. The van der Waals surface area contributed by atoms with Crippen LogP contribution in [-0.4, -0.2) is 29.8 Å². The van der Waals surface area contributed by atoms with E-state index in [0.717, 1.165) is 12.0 Å². The van der Waals surface area contributed by atoms with E-state index in [2.05, 4.69) is 11.4 Å². The number of hydrogen-bond acceptors (Lipinski definition) is 2. The molecule has 1 aliphatic rings.